The highest BCUT2D eigenvalue weighted by molar-refractivity contribution is 9.10. The number of nitrogens with one attached hydrogen (secondary N) is 1. The predicted molar refractivity (Wildman–Crippen MR) is 82.6 cm³/mol. The van der Waals surface area contributed by atoms with Crippen LogP contribution in [-0.4, -0.2) is 25.1 Å². The molecule has 1 aliphatic carbocycles. The summed E-state index contributed by atoms with van der Waals surface area (Å²) in [5, 5.41) is 2.88. The average molecular weight is 341 g/mol. The van der Waals surface area contributed by atoms with E-state index in [2.05, 4.69) is 21.2 Å². The van der Waals surface area contributed by atoms with Crippen LogP contribution in [0.15, 0.2) is 28.7 Å². The van der Waals surface area contributed by atoms with Crippen molar-refractivity contribution in [3.05, 3.63) is 28.7 Å². The van der Waals surface area contributed by atoms with E-state index in [-0.39, 0.29) is 11.9 Å². The first-order valence-electron chi connectivity index (χ1n) is 7.06. The van der Waals surface area contributed by atoms with Gasteiger partial charge in [-0.1, -0.05) is 22.4 Å². The molecule has 4 nitrogen and oxygen atoms in total. The van der Waals surface area contributed by atoms with E-state index in [9.17, 15) is 4.79 Å². The molecule has 5 heteroatoms. The molecule has 2 rings (SSSR count). The molecule has 20 heavy (non-hydrogen) atoms. The molecule has 0 spiro atoms. The summed E-state index contributed by atoms with van der Waals surface area (Å²) >= 11 is 3.37. The van der Waals surface area contributed by atoms with E-state index in [1.54, 1.807) is 0 Å². The van der Waals surface area contributed by atoms with Gasteiger partial charge in [0.1, 0.15) is 12.4 Å². The van der Waals surface area contributed by atoms with Gasteiger partial charge in [0, 0.05) is 16.9 Å². The van der Waals surface area contributed by atoms with Gasteiger partial charge in [0.15, 0.2) is 0 Å². The summed E-state index contributed by atoms with van der Waals surface area (Å²) in [5.74, 6) is 1.23. The van der Waals surface area contributed by atoms with E-state index in [1.807, 2.05) is 24.3 Å². The van der Waals surface area contributed by atoms with Crippen molar-refractivity contribution in [1.29, 1.82) is 0 Å². The van der Waals surface area contributed by atoms with E-state index in [0.29, 0.717) is 25.5 Å². The van der Waals surface area contributed by atoms with E-state index < -0.39 is 0 Å². The Morgan fingerprint density at radius 3 is 2.75 bits per heavy atom. The second-order valence-electron chi connectivity index (χ2n) is 5.21. The quantitative estimate of drug-likeness (QED) is 0.782. The Kier molecular flexibility index (Phi) is 5.86. The molecule has 1 fully saturated rings. The summed E-state index contributed by atoms with van der Waals surface area (Å²) in [5.41, 5.74) is 5.96. The Balaban J connectivity index is 1.60. The van der Waals surface area contributed by atoms with Gasteiger partial charge >= 0.3 is 0 Å². The molecule has 1 amide bonds. The molecule has 2 atom stereocenters. The van der Waals surface area contributed by atoms with Gasteiger partial charge in [-0.15, -0.1) is 0 Å². The number of carbonyl (C=O) groups excluding carboxylic acids is 1. The highest BCUT2D eigenvalue weighted by atomic mass is 79.9. The SMILES string of the molecule is N[C@@H]1CCC[C@H]1CC(=O)NCCOc1ccc(Br)cc1. The number of hydrogen-bond donors (Lipinski definition) is 2. The van der Waals surface area contributed by atoms with Gasteiger partial charge in [-0.2, -0.15) is 0 Å². The van der Waals surface area contributed by atoms with Crippen LogP contribution in [0, 0.1) is 5.92 Å². The number of carbonyl (C=O) groups is 1. The first kappa shape index (κ1) is 15.3. The number of benzene rings is 1. The lowest BCUT2D eigenvalue weighted by Crippen LogP contribution is -2.33. The van der Waals surface area contributed by atoms with Crippen LogP contribution in [0.4, 0.5) is 0 Å². The second-order valence-corrected chi connectivity index (χ2v) is 6.13. The molecule has 1 aromatic carbocycles. The Morgan fingerprint density at radius 2 is 2.10 bits per heavy atom. The Morgan fingerprint density at radius 1 is 1.35 bits per heavy atom. The second kappa shape index (κ2) is 7.64. The summed E-state index contributed by atoms with van der Waals surface area (Å²) < 4.78 is 6.56. The topological polar surface area (TPSA) is 64.4 Å². The van der Waals surface area contributed by atoms with Gasteiger partial charge in [-0.25, -0.2) is 0 Å². The zero-order valence-corrected chi connectivity index (χ0v) is 13.1. The lowest BCUT2D eigenvalue weighted by Gasteiger charge is -2.14. The molecule has 0 bridgehead atoms. The number of halogens is 1. The Bertz CT molecular complexity index is 436. The molecule has 0 aromatic heterocycles. The first-order valence-corrected chi connectivity index (χ1v) is 7.85. The molecule has 3 N–H and O–H groups in total. The molecular formula is C15H21BrN2O2. The molecule has 0 heterocycles. The molecule has 0 radical (unpaired) electrons. The van der Waals surface area contributed by atoms with Crippen LogP contribution < -0.4 is 15.8 Å². The van der Waals surface area contributed by atoms with E-state index in [4.69, 9.17) is 10.5 Å². The standard InChI is InChI=1S/C15H21BrN2O2/c16-12-4-6-13(7-5-12)20-9-8-18-15(19)10-11-2-1-3-14(11)17/h4-7,11,14H,1-3,8-10,17H2,(H,18,19)/t11-,14+/m0/s1. The highest BCUT2D eigenvalue weighted by Gasteiger charge is 2.25. The summed E-state index contributed by atoms with van der Waals surface area (Å²) in [7, 11) is 0. The average Bonchev–Trinajstić information content (AvgIpc) is 2.82. The van der Waals surface area contributed by atoms with Crippen LogP contribution in [0.1, 0.15) is 25.7 Å². The fourth-order valence-electron chi connectivity index (χ4n) is 2.52. The van der Waals surface area contributed by atoms with Crippen LogP contribution >= 0.6 is 15.9 Å². The molecule has 0 saturated heterocycles. The normalized spacial score (nSPS) is 21.7. The molecule has 0 aliphatic heterocycles. The van der Waals surface area contributed by atoms with Gasteiger partial charge in [0.25, 0.3) is 0 Å². The van der Waals surface area contributed by atoms with Gasteiger partial charge in [0.2, 0.25) is 5.91 Å². The monoisotopic (exact) mass is 340 g/mol. The number of hydrogen-bond acceptors (Lipinski definition) is 3. The van der Waals surface area contributed by atoms with Crippen molar-refractivity contribution in [2.24, 2.45) is 11.7 Å². The number of amides is 1. The minimum atomic E-state index is 0.0757. The van der Waals surface area contributed by atoms with Crippen LogP contribution in [0.3, 0.4) is 0 Å². The Labute approximate surface area is 128 Å². The van der Waals surface area contributed by atoms with Crippen LogP contribution in [0.25, 0.3) is 0 Å². The van der Waals surface area contributed by atoms with Gasteiger partial charge in [0.05, 0.1) is 6.54 Å². The largest absolute Gasteiger partial charge is 0.492 e. The van der Waals surface area contributed by atoms with Crippen molar-refractivity contribution in [1.82, 2.24) is 5.32 Å². The maximum absolute atomic E-state index is 11.8. The zero-order chi connectivity index (χ0) is 14.4. The highest BCUT2D eigenvalue weighted by Crippen LogP contribution is 2.26. The van der Waals surface area contributed by atoms with Crippen LogP contribution in [0.2, 0.25) is 0 Å². The summed E-state index contributed by atoms with van der Waals surface area (Å²) in [6.07, 6.45) is 3.81. The molecular weight excluding hydrogens is 320 g/mol. The summed E-state index contributed by atoms with van der Waals surface area (Å²) in [6.45, 7) is 1.00. The third-order valence-corrected chi connectivity index (χ3v) is 4.20. The maximum Gasteiger partial charge on any atom is 0.220 e. The lowest BCUT2D eigenvalue weighted by atomic mass is 10.00. The third kappa shape index (κ3) is 4.80. The van der Waals surface area contributed by atoms with Crippen molar-refractivity contribution in [3.8, 4) is 5.75 Å². The van der Waals surface area contributed by atoms with Crippen molar-refractivity contribution < 1.29 is 9.53 Å². The fraction of sp³-hybridized carbons (Fsp3) is 0.533. The molecule has 0 unspecified atom stereocenters. The van der Waals surface area contributed by atoms with Crippen molar-refractivity contribution in [2.45, 2.75) is 31.7 Å². The van der Waals surface area contributed by atoms with Crippen molar-refractivity contribution in [2.75, 3.05) is 13.2 Å². The number of rotatable bonds is 6. The van der Waals surface area contributed by atoms with Crippen LogP contribution in [-0.2, 0) is 4.79 Å². The lowest BCUT2D eigenvalue weighted by molar-refractivity contribution is -0.122. The smallest absolute Gasteiger partial charge is 0.220 e. The van der Waals surface area contributed by atoms with Crippen LogP contribution in [0.5, 0.6) is 5.75 Å². The minimum absolute atomic E-state index is 0.0757. The van der Waals surface area contributed by atoms with Gasteiger partial charge in [-0.05, 0) is 43.0 Å². The van der Waals surface area contributed by atoms with Gasteiger partial charge < -0.3 is 15.8 Å². The van der Waals surface area contributed by atoms with E-state index in [0.717, 1.165) is 29.5 Å². The number of nitrogens with two attached hydrogens (primary N) is 1. The predicted octanol–water partition coefficient (Wildman–Crippen LogP) is 2.46. The zero-order valence-electron chi connectivity index (χ0n) is 11.5. The molecule has 110 valence electrons. The fourth-order valence-corrected chi connectivity index (χ4v) is 2.78. The summed E-state index contributed by atoms with van der Waals surface area (Å²) in [6, 6.07) is 7.83. The maximum atomic E-state index is 11.8. The van der Waals surface area contributed by atoms with E-state index >= 15 is 0 Å². The number of ether oxygens (including phenoxy) is 1. The molecule has 1 saturated carbocycles. The molecule has 1 aromatic rings. The van der Waals surface area contributed by atoms with Crippen molar-refractivity contribution >= 4 is 21.8 Å². The molecule has 1 aliphatic rings. The minimum Gasteiger partial charge on any atom is -0.492 e. The first-order chi connectivity index (χ1) is 9.65. The van der Waals surface area contributed by atoms with Crippen molar-refractivity contribution in [3.63, 3.8) is 0 Å². The summed E-state index contributed by atoms with van der Waals surface area (Å²) in [4.78, 5) is 11.8. The van der Waals surface area contributed by atoms with E-state index in [1.165, 1.54) is 0 Å². The Hall–Kier alpha value is -1.07. The third-order valence-electron chi connectivity index (χ3n) is 3.67. The van der Waals surface area contributed by atoms with Gasteiger partial charge in [-0.3, -0.25) is 4.79 Å².